The molecule has 118 valence electrons. The molecule has 0 aliphatic rings. The number of esters is 1. The van der Waals surface area contributed by atoms with Crippen molar-refractivity contribution in [2.24, 2.45) is 5.92 Å². The second kappa shape index (κ2) is 7.91. The van der Waals surface area contributed by atoms with Gasteiger partial charge >= 0.3 is 5.97 Å². The van der Waals surface area contributed by atoms with E-state index in [4.69, 9.17) is 9.47 Å². The second-order valence-corrected chi connectivity index (χ2v) is 5.81. The van der Waals surface area contributed by atoms with Gasteiger partial charge in [0.2, 0.25) is 0 Å². The van der Waals surface area contributed by atoms with Gasteiger partial charge in [-0.15, -0.1) is 0 Å². The highest BCUT2D eigenvalue weighted by atomic mass is 16.5. The van der Waals surface area contributed by atoms with Crippen LogP contribution in [0.15, 0.2) is 18.2 Å². The van der Waals surface area contributed by atoms with E-state index < -0.39 is 0 Å². The largest absolute Gasteiger partial charge is 0.496 e. The number of benzene rings is 1. The maximum atomic E-state index is 11.7. The summed E-state index contributed by atoms with van der Waals surface area (Å²) in [6, 6.07) is 6.01. The summed E-state index contributed by atoms with van der Waals surface area (Å²) in [5, 5.41) is 0. The summed E-state index contributed by atoms with van der Waals surface area (Å²) < 4.78 is 10.1. The molecule has 0 aliphatic carbocycles. The molecule has 0 saturated carbocycles. The van der Waals surface area contributed by atoms with Crippen molar-refractivity contribution in [2.75, 3.05) is 26.2 Å². The average Bonchev–Trinajstić information content (AvgIpc) is 2.50. The molecule has 0 aromatic heterocycles. The molecule has 1 unspecified atom stereocenters. The number of carbonyl (C=O) groups is 1. The highest BCUT2D eigenvalue weighted by molar-refractivity contribution is 5.93. The van der Waals surface area contributed by atoms with Gasteiger partial charge in [-0.2, -0.15) is 0 Å². The van der Waals surface area contributed by atoms with Crippen molar-refractivity contribution in [3.05, 3.63) is 23.8 Å². The summed E-state index contributed by atoms with van der Waals surface area (Å²) in [6.45, 7) is 6.69. The molecule has 0 N–H and O–H groups in total. The second-order valence-electron chi connectivity index (χ2n) is 5.81. The number of nitrogens with zero attached hydrogens (tertiary/aromatic N) is 1. The van der Waals surface area contributed by atoms with E-state index in [-0.39, 0.29) is 5.97 Å². The molecule has 1 aromatic carbocycles. The number of hydrogen-bond donors (Lipinski definition) is 0. The molecule has 21 heavy (non-hydrogen) atoms. The standard InChI is InChI=1S/C17H27NO3/c1-12(2)7-8-13(3)18(4)14-9-10-15(17(19)21-6)16(11-14)20-5/h9-13H,7-8H2,1-6H3. The van der Waals surface area contributed by atoms with Gasteiger partial charge in [0.25, 0.3) is 0 Å². The summed E-state index contributed by atoms with van der Waals surface area (Å²) >= 11 is 0. The Balaban J connectivity index is 2.90. The number of hydrogen-bond acceptors (Lipinski definition) is 4. The summed E-state index contributed by atoms with van der Waals surface area (Å²) in [5.74, 6) is 0.869. The Morgan fingerprint density at radius 2 is 1.86 bits per heavy atom. The molecule has 0 heterocycles. The lowest BCUT2D eigenvalue weighted by molar-refractivity contribution is 0.0597. The van der Waals surface area contributed by atoms with E-state index in [1.165, 1.54) is 13.5 Å². The fourth-order valence-corrected chi connectivity index (χ4v) is 2.20. The third-order valence-electron chi connectivity index (χ3n) is 3.82. The van der Waals surface area contributed by atoms with Crippen LogP contribution in [-0.2, 0) is 4.74 Å². The topological polar surface area (TPSA) is 38.8 Å². The Morgan fingerprint density at radius 3 is 2.38 bits per heavy atom. The Labute approximate surface area is 128 Å². The minimum Gasteiger partial charge on any atom is -0.496 e. The van der Waals surface area contributed by atoms with Crippen LogP contribution in [0.3, 0.4) is 0 Å². The van der Waals surface area contributed by atoms with Crippen LogP contribution in [-0.4, -0.2) is 33.3 Å². The molecule has 0 bridgehead atoms. The zero-order chi connectivity index (χ0) is 16.0. The van der Waals surface area contributed by atoms with E-state index in [0.717, 1.165) is 12.1 Å². The first-order valence-electron chi connectivity index (χ1n) is 7.39. The van der Waals surface area contributed by atoms with Gasteiger partial charge in [0.15, 0.2) is 0 Å². The maximum Gasteiger partial charge on any atom is 0.341 e. The highest BCUT2D eigenvalue weighted by Crippen LogP contribution is 2.27. The molecule has 0 amide bonds. The first-order chi connectivity index (χ1) is 9.90. The number of rotatable bonds is 7. The molecule has 1 rings (SSSR count). The van der Waals surface area contributed by atoms with Crippen LogP contribution in [0.1, 0.15) is 44.0 Å². The van der Waals surface area contributed by atoms with Gasteiger partial charge in [0, 0.05) is 24.8 Å². The highest BCUT2D eigenvalue weighted by Gasteiger charge is 2.16. The minimum atomic E-state index is -0.381. The van der Waals surface area contributed by atoms with E-state index in [0.29, 0.717) is 23.3 Å². The van der Waals surface area contributed by atoms with Crippen LogP contribution in [0.4, 0.5) is 5.69 Å². The molecular formula is C17H27NO3. The van der Waals surface area contributed by atoms with Crippen molar-refractivity contribution < 1.29 is 14.3 Å². The van der Waals surface area contributed by atoms with Crippen LogP contribution in [0.25, 0.3) is 0 Å². The van der Waals surface area contributed by atoms with Crippen molar-refractivity contribution in [3.8, 4) is 5.75 Å². The fraction of sp³-hybridized carbons (Fsp3) is 0.588. The fourth-order valence-electron chi connectivity index (χ4n) is 2.20. The van der Waals surface area contributed by atoms with Crippen molar-refractivity contribution >= 4 is 11.7 Å². The monoisotopic (exact) mass is 293 g/mol. The Hall–Kier alpha value is -1.71. The maximum absolute atomic E-state index is 11.7. The summed E-state index contributed by atoms with van der Waals surface area (Å²) in [4.78, 5) is 13.9. The van der Waals surface area contributed by atoms with Crippen molar-refractivity contribution in [3.63, 3.8) is 0 Å². The number of methoxy groups -OCH3 is 2. The van der Waals surface area contributed by atoms with Crippen LogP contribution in [0.5, 0.6) is 5.75 Å². The molecule has 0 aliphatic heterocycles. The third kappa shape index (κ3) is 4.66. The summed E-state index contributed by atoms with van der Waals surface area (Å²) in [7, 11) is 5.00. The van der Waals surface area contributed by atoms with Crippen molar-refractivity contribution in [2.45, 2.75) is 39.7 Å². The molecule has 0 fully saturated rings. The summed E-state index contributed by atoms with van der Waals surface area (Å²) in [6.07, 6.45) is 2.33. The molecule has 0 radical (unpaired) electrons. The zero-order valence-electron chi connectivity index (χ0n) is 14.0. The van der Waals surface area contributed by atoms with Crippen LogP contribution in [0.2, 0.25) is 0 Å². The quantitative estimate of drug-likeness (QED) is 0.718. The average molecular weight is 293 g/mol. The predicted molar refractivity (Wildman–Crippen MR) is 86.3 cm³/mol. The van der Waals surface area contributed by atoms with Crippen LogP contribution in [0, 0.1) is 5.92 Å². The molecule has 4 nitrogen and oxygen atoms in total. The van der Waals surface area contributed by atoms with Gasteiger partial charge < -0.3 is 14.4 Å². The Bertz CT molecular complexity index is 471. The third-order valence-corrected chi connectivity index (χ3v) is 3.82. The van der Waals surface area contributed by atoms with E-state index in [1.54, 1.807) is 13.2 Å². The lowest BCUT2D eigenvalue weighted by Gasteiger charge is -2.28. The lowest BCUT2D eigenvalue weighted by Crippen LogP contribution is -2.29. The van der Waals surface area contributed by atoms with E-state index in [9.17, 15) is 4.79 Å². The van der Waals surface area contributed by atoms with Gasteiger partial charge in [-0.05, 0) is 37.8 Å². The first-order valence-corrected chi connectivity index (χ1v) is 7.39. The minimum absolute atomic E-state index is 0.381. The number of anilines is 1. The normalized spacial score (nSPS) is 12.1. The SMILES string of the molecule is COC(=O)c1ccc(N(C)C(C)CCC(C)C)cc1OC. The predicted octanol–water partition coefficient (Wildman–Crippen LogP) is 3.74. The van der Waals surface area contributed by atoms with Crippen LogP contribution >= 0.6 is 0 Å². The Kier molecular flexibility index (Phi) is 6.53. The van der Waals surface area contributed by atoms with Gasteiger partial charge in [-0.3, -0.25) is 0 Å². The number of carbonyl (C=O) groups excluding carboxylic acids is 1. The van der Waals surface area contributed by atoms with E-state index in [2.05, 4.69) is 32.7 Å². The van der Waals surface area contributed by atoms with Gasteiger partial charge in [-0.1, -0.05) is 13.8 Å². The molecule has 0 saturated heterocycles. The smallest absolute Gasteiger partial charge is 0.341 e. The van der Waals surface area contributed by atoms with Gasteiger partial charge in [0.1, 0.15) is 11.3 Å². The summed E-state index contributed by atoms with van der Waals surface area (Å²) in [5.41, 5.74) is 1.49. The molecule has 1 aromatic rings. The Morgan fingerprint density at radius 1 is 1.19 bits per heavy atom. The van der Waals surface area contributed by atoms with E-state index in [1.807, 2.05) is 12.1 Å². The van der Waals surface area contributed by atoms with Gasteiger partial charge in [-0.25, -0.2) is 4.79 Å². The molecule has 0 spiro atoms. The first kappa shape index (κ1) is 17.3. The van der Waals surface area contributed by atoms with E-state index >= 15 is 0 Å². The van der Waals surface area contributed by atoms with Crippen LogP contribution < -0.4 is 9.64 Å². The zero-order valence-corrected chi connectivity index (χ0v) is 14.0. The van der Waals surface area contributed by atoms with Gasteiger partial charge in [0.05, 0.1) is 14.2 Å². The molecule has 4 heteroatoms. The number of ether oxygens (including phenoxy) is 2. The molecule has 1 atom stereocenters. The van der Waals surface area contributed by atoms with Crippen molar-refractivity contribution in [1.29, 1.82) is 0 Å². The lowest BCUT2D eigenvalue weighted by atomic mass is 10.0. The van der Waals surface area contributed by atoms with Crippen molar-refractivity contribution in [1.82, 2.24) is 0 Å². The molecular weight excluding hydrogens is 266 g/mol.